The Morgan fingerprint density at radius 1 is 1.26 bits per heavy atom. The van der Waals surface area contributed by atoms with Gasteiger partial charge in [0.2, 0.25) is 0 Å². The van der Waals surface area contributed by atoms with Crippen molar-refractivity contribution in [2.24, 2.45) is 0 Å². The first-order valence-electron chi connectivity index (χ1n) is 6.23. The third-order valence-electron chi connectivity index (χ3n) is 2.57. The molecule has 0 atom stereocenters. The maximum Gasteiger partial charge on any atom is 0.161 e. The van der Waals surface area contributed by atoms with Gasteiger partial charge in [0.1, 0.15) is 11.6 Å². The van der Waals surface area contributed by atoms with E-state index in [0.717, 1.165) is 35.3 Å². The highest BCUT2D eigenvalue weighted by Gasteiger charge is 2.05. The largest absolute Gasteiger partial charge is 0.493 e. The minimum atomic E-state index is 0.461. The fraction of sp³-hybridized carbons (Fsp3) is 0.357. The van der Waals surface area contributed by atoms with Crippen LogP contribution in [0.5, 0.6) is 11.5 Å². The summed E-state index contributed by atoms with van der Waals surface area (Å²) < 4.78 is 11.0. The van der Waals surface area contributed by atoms with Crippen LogP contribution < -0.4 is 14.8 Å². The molecule has 0 fully saturated rings. The third kappa shape index (κ3) is 3.94. The number of rotatable bonds is 7. The summed E-state index contributed by atoms with van der Waals surface area (Å²) in [6.07, 6.45) is 0. The number of thiazole rings is 1. The van der Waals surface area contributed by atoms with Gasteiger partial charge < -0.3 is 14.8 Å². The van der Waals surface area contributed by atoms with Crippen molar-refractivity contribution in [3.63, 3.8) is 0 Å². The molecule has 2 rings (SSSR count). The topological polar surface area (TPSA) is 43.4 Å². The van der Waals surface area contributed by atoms with Gasteiger partial charge >= 0.3 is 0 Å². The Labute approximate surface area is 117 Å². The van der Waals surface area contributed by atoms with Crippen LogP contribution in [0.25, 0.3) is 0 Å². The highest BCUT2D eigenvalue weighted by molar-refractivity contribution is 7.09. The molecular formula is C14H18N2O2S. The Bertz CT molecular complexity index is 514. The number of nitrogens with zero attached hydrogens (tertiary/aromatic N) is 1. The number of aromatic nitrogens is 1. The van der Waals surface area contributed by atoms with E-state index in [1.165, 1.54) is 0 Å². The van der Waals surface area contributed by atoms with Crippen molar-refractivity contribution in [2.45, 2.75) is 20.1 Å². The molecule has 102 valence electrons. The molecule has 0 spiro atoms. The van der Waals surface area contributed by atoms with E-state index in [2.05, 4.69) is 17.2 Å². The second kappa shape index (κ2) is 7.11. The molecule has 5 heteroatoms. The molecule has 1 aromatic carbocycles. The Morgan fingerprint density at radius 3 is 2.79 bits per heavy atom. The van der Waals surface area contributed by atoms with E-state index >= 15 is 0 Å². The molecule has 0 radical (unpaired) electrons. The number of para-hydroxylation sites is 2. The van der Waals surface area contributed by atoms with Gasteiger partial charge in [0.15, 0.2) is 11.5 Å². The number of nitrogens with one attached hydrogen (secondary N) is 1. The Morgan fingerprint density at radius 2 is 2.05 bits per heavy atom. The summed E-state index contributed by atoms with van der Waals surface area (Å²) in [5.41, 5.74) is 0.948. The van der Waals surface area contributed by atoms with E-state index in [9.17, 15) is 0 Å². The zero-order valence-electron chi connectivity index (χ0n) is 11.2. The normalized spacial score (nSPS) is 10.4. The van der Waals surface area contributed by atoms with Gasteiger partial charge in [0.05, 0.1) is 12.8 Å². The summed E-state index contributed by atoms with van der Waals surface area (Å²) in [5, 5.41) is 6.37. The first kappa shape index (κ1) is 13.8. The fourth-order valence-electron chi connectivity index (χ4n) is 1.62. The molecule has 0 saturated carbocycles. The van der Waals surface area contributed by atoms with Crippen LogP contribution in [0, 0.1) is 0 Å². The van der Waals surface area contributed by atoms with Crippen LogP contribution in [0.4, 0.5) is 0 Å². The molecule has 0 saturated heterocycles. The lowest BCUT2D eigenvalue weighted by Gasteiger charge is -2.08. The van der Waals surface area contributed by atoms with Gasteiger partial charge in [-0.3, -0.25) is 0 Å². The van der Waals surface area contributed by atoms with Crippen LogP contribution in [0.1, 0.15) is 17.6 Å². The number of benzene rings is 1. The van der Waals surface area contributed by atoms with E-state index in [4.69, 9.17) is 9.47 Å². The highest BCUT2D eigenvalue weighted by Crippen LogP contribution is 2.26. The highest BCUT2D eigenvalue weighted by atomic mass is 32.1. The lowest BCUT2D eigenvalue weighted by atomic mass is 10.3. The van der Waals surface area contributed by atoms with Gasteiger partial charge in [0.25, 0.3) is 0 Å². The predicted octanol–water partition coefficient (Wildman–Crippen LogP) is 2.84. The average Bonchev–Trinajstić information content (AvgIpc) is 2.91. The van der Waals surface area contributed by atoms with Crippen molar-refractivity contribution in [1.29, 1.82) is 0 Å². The summed E-state index contributed by atoms with van der Waals surface area (Å²) in [6.45, 7) is 4.31. The van der Waals surface area contributed by atoms with Crippen LogP contribution in [-0.2, 0) is 13.2 Å². The van der Waals surface area contributed by atoms with Crippen LogP contribution in [0.3, 0.4) is 0 Å². The van der Waals surface area contributed by atoms with Crippen molar-refractivity contribution in [1.82, 2.24) is 10.3 Å². The van der Waals surface area contributed by atoms with Crippen molar-refractivity contribution in [2.75, 3.05) is 13.7 Å². The zero-order valence-corrected chi connectivity index (χ0v) is 12.0. The molecule has 19 heavy (non-hydrogen) atoms. The van der Waals surface area contributed by atoms with Crippen molar-refractivity contribution in [3.05, 3.63) is 40.3 Å². The molecule has 0 aliphatic carbocycles. The lowest BCUT2D eigenvalue weighted by Crippen LogP contribution is -2.11. The second-order valence-electron chi connectivity index (χ2n) is 3.95. The summed E-state index contributed by atoms with van der Waals surface area (Å²) in [5.74, 6) is 1.48. The quantitative estimate of drug-likeness (QED) is 0.846. The van der Waals surface area contributed by atoms with E-state index in [0.29, 0.717) is 6.61 Å². The predicted molar refractivity (Wildman–Crippen MR) is 76.8 cm³/mol. The summed E-state index contributed by atoms with van der Waals surface area (Å²) >= 11 is 1.65. The molecule has 0 bridgehead atoms. The molecule has 1 aromatic heterocycles. The molecule has 0 unspecified atom stereocenters. The number of ether oxygens (including phenoxy) is 2. The lowest BCUT2D eigenvalue weighted by molar-refractivity contribution is 0.281. The average molecular weight is 278 g/mol. The van der Waals surface area contributed by atoms with E-state index in [-0.39, 0.29) is 0 Å². The molecular weight excluding hydrogens is 260 g/mol. The Balaban J connectivity index is 1.93. The number of hydrogen-bond donors (Lipinski definition) is 1. The van der Waals surface area contributed by atoms with Crippen molar-refractivity contribution in [3.8, 4) is 11.5 Å². The molecule has 4 nitrogen and oxygen atoms in total. The third-order valence-corrected chi connectivity index (χ3v) is 3.47. The first-order chi connectivity index (χ1) is 9.33. The smallest absolute Gasteiger partial charge is 0.161 e. The van der Waals surface area contributed by atoms with Gasteiger partial charge in [-0.2, -0.15) is 0 Å². The minimum absolute atomic E-state index is 0.461. The summed E-state index contributed by atoms with van der Waals surface area (Å²) in [4.78, 5) is 4.51. The van der Waals surface area contributed by atoms with Crippen LogP contribution >= 0.6 is 11.3 Å². The molecule has 1 heterocycles. The van der Waals surface area contributed by atoms with Gasteiger partial charge in [-0.05, 0) is 18.7 Å². The Hall–Kier alpha value is -1.59. The molecule has 1 N–H and O–H groups in total. The number of methoxy groups -OCH3 is 1. The Kier molecular flexibility index (Phi) is 5.18. The van der Waals surface area contributed by atoms with Crippen LogP contribution in [0.15, 0.2) is 29.6 Å². The van der Waals surface area contributed by atoms with Crippen LogP contribution in [0.2, 0.25) is 0 Å². The SMILES string of the molecule is CCNCc1nc(COc2ccccc2OC)cs1. The van der Waals surface area contributed by atoms with Gasteiger partial charge in [0, 0.05) is 11.9 Å². The minimum Gasteiger partial charge on any atom is -0.493 e. The van der Waals surface area contributed by atoms with Gasteiger partial charge in [-0.1, -0.05) is 19.1 Å². The van der Waals surface area contributed by atoms with E-state index in [1.807, 2.05) is 29.6 Å². The van der Waals surface area contributed by atoms with Crippen molar-refractivity contribution < 1.29 is 9.47 Å². The zero-order chi connectivity index (χ0) is 13.5. The van der Waals surface area contributed by atoms with Gasteiger partial charge in [-0.15, -0.1) is 11.3 Å². The van der Waals surface area contributed by atoms with E-state index in [1.54, 1.807) is 18.4 Å². The maximum absolute atomic E-state index is 5.73. The van der Waals surface area contributed by atoms with Crippen LogP contribution in [-0.4, -0.2) is 18.6 Å². The molecule has 0 aliphatic heterocycles. The fourth-order valence-corrected chi connectivity index (χ4v) is 2.37. The monoisotopic (exact) mass is 278 g/mol. The first-order valence-corrected chi connectivity index (χ1v) is 7.11. The van der Waals surface area contributed by atoms with E-state index < -0.39 is 0 Å². The molecule has 0 aliphatic rings. The van der Waals surface area contributed by atoms with Gasteiger partial charge in [-0.25, -0.2) is 4.98 Å². The summed E-state index contributed by atoms with van der Waals surface area (Å²) in [7, 11) is 1.64. The molecule has 0 amide bonds. The second-order valence-corrected chi connectivity index (χ2v) is 4.90. The maximum atomic E-state index is 5.73. The standard InChI is InChI=1S/C14H18N2O2S/c1-3-15-8-14-16-11(10-19-14)9-18-13-7-5-4-6-12(13)17-2/h4-7,10,15H,3,8-9H2,1-2H3. The molecule has 2 aromatic rings. The summed E-state index contributed by atoms with van der Waals surface area (Å²) in [6, 6.07) is 7.62. The van der Waals surface area contributed by atoms with Crippen molar-refractivity contribution >= 4 is 11.3 Å². The number of hydrogen-bond acceptors (Lipinski definition) is 5.